The van der Waals surface area contributed by atoms with Gasteiger partial charge in [-0.2, -0.15) is 0 Å². The van der Waals surface area contributed by atoms with Gasteiger partial charge in [-0.1, -0.05) is 126 Å². The first-order chi connectivity index (χ1) is 36.9. The van der Waals surface area contributed by atoms with Crippen molar-refractivity contribution in [3.8, 4) is 0 Å². The van der Waals surface area contributed by atoms with E-state index in [0.29, 0.717) is 0 Å². The molecule has 0 N–H and O–H groups in total. The van der Waals surface area contributed by atoms with Crippen LogP contribution in [0.15, 0.2) is 224 Å². The Hall–Kier alpha value is -9.26. The minimum Gasteiger partial charge on any atom is -0.456 e. The Bertz CT molecular complexity index is 4540. The highest BCUT2D eigenvalue weighted by molar-refractivity contribution is 6.22. The molecule has 0 radical (unpaired) electrons. The first-order valence-electron chi connectivity index (χ1n) is 26.2. The Kier molecular flexibility index (Phi) is 9.38. The molecule has 4 aromatic heterocycles. The van der Waals surface area contributed by atoms with Crippen LogP contribution in [-0.4, -0.2) is 0 Å². The highest BCUT2D eigenvalue weighted by atomic mass is 16.3. The molecule has 4 heterocycles. The van der Waals surface area contributed by atoms with E-state index in [1.165, 1.54) is 11.1 Å². The Morgan fingerprint density at radius 2 is 0.618 bits per heavy atom. The van der Waals surface area contributed by atoms with E-state index >= 15 is 0 Å². The van der Waals surface area contributed by atoms with Crippen molar-refractivity contribution in [1.82, 2.24) is 0 Å². The van der Waals surface area contributed by atoms with E-state index in [4.69, 9.17) is 17.7 Å². The lowest BCUT2D eigenvalue weighted by atomic mass is 9.86. The molecule has 6 nitrogen and oxygen atoms in total. The summed E-state index contributed by atoms with van der Waals surface area (Å²) in [6.45, 7) is 13.4. The second-order valence-electron chi connectivity index (χ2n) is 22.5. The number of hydrogen-bond acceptors (Lipinski definition) is 6. The third-order valence-electron chi connectivity index (χ3n) is 15.6. The van der Waals surface area contributed by atoms with Gasteiger partial charge in [0.2, 0.25) is 0 Å². The number of furan rings is 4. The van der Waals surface area contributed by atoms with Crippen LogP contribution in [0.3, 0.4) is 0 Å². The Morgan fingerprint density at radius 1 is 0.250 bits per heavy atom. The highest BCUT2D eigenvalue weighted by Gasteiger charge is 2.25. The molecule has 0 saturated heterocycles. The third kappa shape index (κ3) is 6.80. The lowest BCUT2D eigenvalue weighted by Gasteiger charge is -2.26. The summed E-state index contributed by atoms with van der Waals surface area (Å²) in [5.74, 6) is 0. The first kappa shape index (κ1) is 44.2. The van der Waals surface area contributed by atoms with Crippen molar-refractivity contribution in [2.24, 2.45) is 0 Å². The summed E-state index contributed by atoms with van der Waals surface area (Å²) in [5.41, 5.74) is 15.6. The quantitative estimate of drug-likeness (QED) is 0.165. The number of fused-ring (bicyclic) bond motifs is 16. The van der Waals surface area contributed by atoms with E-state index < -0.39 is 0 Å². The maximum Gasteiger partial charge on any atom is 0.143 e. The van der Waals surface area contributed by atoms with Crippen molar-refractivity contribution in [3.05, 3.63) is 217 Å². The van der Waals surface area contributed by atoms with Gasteiger partial charge in [-0.25, -0.2) is 0 Å². The summed E-state index contributed by atoms with van der Waals surface area (Å²) < 4.78 is 26.8. The van der Waals surface area contributed by atoms with Gasteiger partial charge in [0.15, 0.2) is 0 Å². The minimum absolute atomic E-state index is 0.0510. The number of nitrogens with zero attached hydrogens (tertiary/aromatic N) is 2. The van der Waals surface area contributed by atoms with Crippen LogP contribution < -0.4 is 9.80 Å². The van der Waals surface area contributed by atoms with Crippen LogP contribution in [0.1, 0.15) is 52.7 Å². The largest absolute Gasteiger partial charge is 0.456 e. The molecular weight excluding hydrogens is 933 g/mol. The van der Waals surface area contributed by atoms with Crippen molar-refractivity contribution in [1.29, 1.82) is 0 Å². The predicted molar refractivity (Wildman–Crippen MR) is 317 cm³/mol. The van der Waals surface area contributed by atoms with E-state index in [-0.39, 0.29) is 10.8 Å². The second kappa shape index (κ2) is 16.1. The molecule has 0 unspecified atom stereocenters. The normalized spacial score (nSPS) is 12.6. The number of benzene rings is 11. The summed E-state index contributed by atoms with van der Waals surface area (Å²) in [5, 5.41) is 13.0. The Labute approximate surface area is 438 Å². The van der Waals surface area contributed by atoms with E-state index in [9.17, 15) is 0 Å². The van der Waals surface area contributed by atoms with Crippen LogP contribution in [0.2, 0.25) is 0 Å². The van der Waals surface area contributed by atoms with Crippen molar-refractivity contribution in [3.63, 3.8) is 0 Å². The molecule has 76 heavy (non-hydrogen) atoms. The first-order valence-corrected chi connectivity index (χ1v) is 26.2. The summed E-state index contributed by atoms with van der Waals surface area (Å²) in [7, 11) is 0. The predicted octanol–water partition coefficient (Wildman–Crippen LogP) is 21.1. The van der Waals surface area contributed by atoms with E-state index in [0.717, 1.165) is 143 Å². The van der Waals surface area contributed by atoms with E-state index in [2.05, 4.69) is 258 Å². The van der Waals surface area contributed by atoms with Crippen molar-refractivity contribution >= 4 is 143 Å². The molecule has 0 saturated carbocycles. The molecule has 0 aliphatic carbocycles. The highest BCUT2D eigenvalue weighted by Crippen LogP contribution is 2.47. The van der Waals surface area contributed by atoms with Crippen LogP contribution >= 0.6 is 0 Å². The molecule has 0 bridgehead atoms. The zero-order chi connectivity index (χ0) is 51.2. The average Bonchev–Trinajstić information content (AvgIpc) is 4.24. The topological polar surface area (TPSA) is 59.0 Å². The van der Waals surface area contributed by atoms with Crippen LogP contribution in [0.25, 0.3) is 109 Å². The maximum atomic E-state index is 6.84. The molecular formula is C70H52N2O4. The van der Waals surface area contributed by atoms with Gasteiger partial charge in [-0.3, -0.25) is 0 Å². The third-order valence-corrected chi connectivity index (χ3v) is 15.6. The summed E-state index contributed by atoms with van der Waals surface area (Å²) in [6.07, 6.45) is 0. The van der Waals surface area contributed by atoms with Gasteiger partial charge in [0.1, 0.15) is 44.7 Å². The number of rotatable bonds is 6. The molecule has 0 spiro atoms. The standard InChI is InChI=1S/C70H52N2O4/c1-69(2,3)59-21-13-19-51-55-37-47(27-33-61(55)73-67(51)59)71(43-15-9-7-10-16-43)45-25-31-49-41(35-45)23-29-53-57-39-58-54-30-24-42-36-46(26-32-50(42)66(54)76-64(58)40-63(57)75-65(49)53)72(44-17-11-8-12-18-44)48-28-34-62-56(38-48)52-20-14-22-60(68(52)74-62)70(4,5)6/h7-40H,1-6H3. The van der Waals surface area contributed by atoms with Crippen LogP contribution in [-0.2, 0) is 10.8 Å². The number of hydrogen-bond donors (Lipinski definition) is 0. The molecule has 366 valence electrons. The smallest absolute Gasteiger partial charge is 0.143 e. The molecule has 11 aromatic carbocycles. The number of para-hydroxylation sites is 4. The SMILES string of the molecule is CC(C)(C)c1cccc2c1oc1ccc(N(c3ccccc3)c3ccc4c(ccc5c6cc7c(cc6oc45)oc4c5ccc(N(c6ccccc6)c6ccc8oc9c(C(C)(C)C)cccc9c8c6)cc5ccc74)c3)cc12. The molecule has 6 heteroatoms. The van der Waals surface area contributed by atoms with Gasteiger partial charge < -0.3 is 27.5 Å². The van der Waals surface area contributed by atoms with Crippen molar-refractivity contribution in [2.75, 3.05) is 9.80 Å². The molecule has 15 rings (SSSR count). The summed E-state index contributed by atoms with van der Waals surface area (Å²) in [6, 6.07) is 73.7. The van der Waals surface area contributed by atoms with Crippen LogP contribution in [0.5, 0.6) is 0 Å². The van der Waals surface area contributed by atoms with E-state index in [1.54, 1.807) is 0 Å². The van der Waals surface area contributed by atoms with Crippen molar-refractivity contribution in [2.45, 2.75) is 52.4 Å². The zero-order valence-electron chi connectivity index (χ0n) is 43.2. The van der Waals surface area contributed by atoms with Gasteiger partial charge >= 0.3 is 0 Å². The van der Waals surface area contributed by atoms with Gasteiger partial charge in [-0.05, 0) is 137 Å². The summed E-state index contributed by atoms with van der Waals surface area (Å²) >= 11 is 0. The van der Waals surface area contributed by atoms with Crippen LogP contribution in [0.4, 0.5) is 34.1 Å². The molecule has 0 fully saturated rings. The van der Waals surface area contributed by atoms with Crippen molar-refractivity contribution < 1.29 is 17.7 Å². The fourth-order valence-electron chi connectivity index (χ4n) is 12.0. The fourth-order valence-corrected chi connectivity index (χ4v) is 12.0. The molecule has 15 aromatic rings. The average molecular weight is 985 g/mol. The molecule has 0 aliphatic heterocycles. The second-order valence-corrected chi connectivity index (χ2v) is 22.5. The molecule has 0 aliphatic rings. The van der Waals surface area contributed by atoms with Gasteiger partial charge in [0.25, 0.3) is 0 Å². The molecule has 0 amide bonds. The fraction of sp³-hybridized carbons (Fsp3) is 0.114. The van der Waals surface area contributed by atoms with Gasteiger partial charge in [0.05, 0.1) is 0 Å². The Morgan fingerprint density at radius 3 is 1.05 bits per heavy atom. The van der Waals surface area contributed by atoms with Gasteiger partial charge in [-0.15, -0.1) is 0 Å². The zero-order valence-corrected chi connectivity index (χ0v) is 43.2. The lowest BCUT2D eigenvalue weighted by Crippen LogP contribution is -2.10. The lowest BCUT2D eigenvalue weighted by molar-refractivity contribution is 0.572. The van der Waals surface area contributed by atoms with Crippen LogP contribution in [0, 0.1) is 0 Å². The van der Waals surface area contributed by atoms with Gasteiger partial charge in [0, 0.05) is 105 Å². The number of anilines is 6. The maximum absolute atomic E-state index is 6.84. The Balaban J connectivity index is 0.806. The monoisotopic (exact) mass is 984 g/mol. The molecule has 0 atom stereocenters. The van der Waals surface area contributed by atoms with E-state index in [1.807, 2.05) is 0 Å². The summed E-state index contributed by atoms with van der Waals surface area (Å²) in [4.78, 5) is 4.64. The minimum atomic E-state index is -0.0510.